The van der Waals surface area contributed by atoms with Crippen LogP contribution in [0.15, 0.2) is 18.2 Å². The molecule has 1 fully saturated rings. The van der Waals surface area contributed by atoms with Crippen molar-refractivity contribution in [3.8, 4) is 6.07 Å². The minimum absolute atomic E-state index is 0.330. The van der Waals surface area contributed by atoms with E-state index in [0.717, 1.165) is 24.9 Å². The topological polar surface area (TPSA) is 35.8 Å². The number of hydrogen-bond acceptors (Lipinski definition) is 2. The van der Waals surface area contributed by atoms with Crippen molar-refractivity contribution in [1.82, 2.24) is 0 Å². The molecule has 0 aliphatic heterocycles. The van der Waals surface area contributed by atoms with Gasteiger partial charge >= 0.3 is 6.18 Å². The number of alkyl halides is 3. The van der Waals surface area contributed by atoms with Gasteiger partial charge in [0.1, 0.15) is 0 Å². The lowest BCUT2D eigenvalue weighted by Gasteiger charge is -2.12. The highest BCUT2D eigenvalue weighted by Crippen LogP contribution is 2.33. The fraction of sp³-hybridized carbons (Fsp3) is 0.562. The van der Waals surface area contributed by atoms with Crippen molar-refractivity contribution in [1.29, 1.82) is 5.26 Å². The molecule has 1 aromatic rings. The van der Waals surface area contributed by atoms with E-state index < -0.39 is 11.7 Å². The number of rotatable bonds is 5. The van der Waals surface area contributed by atoms with Crippen LogP contribution in [0.25, 0.3) is 0 Å². The Kier molecular flexibility index (Phi) is 5.11. The molecule has 0 atom stereocenters. The zero-order valence-corrected chi connectivity index (χ0v) is 11.8. The normalized spacial score (nSPS) is 15.9. The SMILES string of the molecule is N#Cc1cc(NCCCC2CCCC2)ccc1C(F)(F)F. The van der Waals surface area contributed by atoms with Gasteiger partial charge in [0.05, 0.1) is 17.2 Å². The highest BCUT2D eigenvalue weighted by molar-refractivity contribution is 5.53. The van der Waals surface area contributed by atoms with Crippen LogP contribution in [-0.4, -0.2) is 6.54 Å². The van der Waals surface area contributed by atoms with E-state index in [1.54, 1.807) is 6.07 Å². The van der Waals surface area contributed by atoms with Crippen molar-refractivity contribution >= 4 is 5.69 Å². The molecule has 114 valence electrons. The molecule has 1 aromatic carbocycles. The number of anilines is 1. The number of nitrogens with zero attached hydrogens (tertiary/aromatic N) is 1. The molecule has 1 aliphatic rings. The van der Waals surface area contributed by atoms with E-state index in [2.05, 4.69) is 5.32 Å². The highest BCUT2D eigenvalue weighted by Gasteiger charge is 2.33. The van der Waals surface area contributed by atoms with Crippen molar-refractivity contribution in [2.24, 2.45) is 5.92 Å². The van der Waals surface area contributed by atoms with E-state index in [0.29, 0.717) is 5.69 Å². The third-order valence-electron chi connectivity index (χ3n) is 4.04. The van der Waals surface area contributed by atoms with Crippen molar-refractivity contribution in [3.05, 3.63) is 29.3 Å². The second-order valence-electron chi connectivity index (χ2n) is 5.59. The van der Waals surface area contributed by atoms with Gasteiger partial charge in [0.15, 0.2) is 0 Å². The monoisotopic (exact) mass is 296 g/mol. The maximum atomic E-state index is 12.7. The molecule has 1 saturated carbocycles. The van der Waals surface area contributed by atoms with Crippen molar-refractivity contribution in [2.45, 2.75) is 44.7 Å². The Bertz CT molecular complexity index is 511. The predicted molar refractivity (Wildman–Crippen MR) is 75.8 cm³/mol. The van der Waals surface area contributed by atoms with Crippen LogP contribution in [0.5, 0.6) is 0 Å². The van der Waals surface area contributed by atoms with Gasteiger partial charge < -0.3 is 5.32 Å². The van der Waals surface area contributed by atoms with E-state index in [4.69, 9.17) is 5.26 Å². The highest BCUT2D eigenvalue weighted by atomic mass is 19.4. The van der Waals surface area contributed by atoms with E-state index in [-0.39, 0.29) is 5.56 Å². The first-order chi connectivity index (χ1) is 10.0. The first-order valence-electron chi connectivity index (χ1n) is 7.36. The molecule has 0 saturated heterocycles. The van der Waals surface area contributed by atoms with Gasteiger partial charge in [0, 0.05) is 12.2 Å². The number of nitriles is 1. The molecule has 2 rings (SSSR count). The quantitative estimate of drug-likeness (QED) is 0.779. The molecule has 1 N–H and O–H groups in total. The van der Waals surface area contributed by atoms with E-state index in [1.807, 2.05) is 0 Å². The van der Waals surface area contributed by atoms with Crippen LogP contribution in [-0.2, 0) is 6.18 Å². The van der Waals surface area contributed by atoms with Gasteiger partial charge in [-0.3, -0.25) is 0 Å². The summed E-state index contributed by atoms with van der Waals surface area (Å²) in [5.41, 5.74) is -0.629. The van der Waals surface area contributed by atoms with Gasteiger partial charge in [-0.05, 0) is 37.0 Å². The summed E-state index contributed by atoms with van der Waals surface area (Å²) in [5.74, 6) is 0.814. The summed E-state index contributed by atoms with van der Waals surface area (Å²) in [6.45, 7) is 0.729. The fourth-order valence-electron chi connectivity index (χ4n) is 2.92. The molecule has 0 unspecified atom stereocenters. The summed E-state index contributed by atoms with van der Waals surface area (Å²) in [6, 6.07) is 5.25. The molecule has 1 aliphatic carbocycles. The Hall–Kier alpha value is -1.70. The van der Waals surface area contributed by atoms with Crippen LogP contribution in [0.2, 0.25) is 0 Å². The molecule has 0 bridgehead atoms. The van der Waals surface area contributed by atoms with Gasteiger partial charge in [-0.15, -0.1) is 0 Å². The second kappa shape index (κ2) is 6.84. The number of hydrogen-bond donors (Lipinski definition) is 1. The average molecular weight is 296 g/mol. The molecule has 0 aromatic heterocycles. The van der Waals surface area contributed by atoms with Gasteiger partial charge in [0.25, 0.3) is 0 Å². The summed E-state index contributed by atoms with van der Waals surface area (Å²) >= 11 is 0. The van der Waals surface area contributed by atoms with E-state index in [1.165, 1.54) is 44.2 Å². The third-order valence-corrected chi connectivity index (χ3v) is 4.04. The number of nitrogens with one attached hydrogen (secondary N) is 1. The minimum Gasteiger partial charge on any atom is -0.385 e. The molecule has 0 radical (unpaired) electrons. The summed E-state index contributed by atoms with van der Waals surface area (Å²) in [6.07, 6.45) is 2.95. The molecule has 0 spiro atoms. The maximum absolute atomic E-state index is 12.7. The summed E-state index contributed by atoms with van der Waals surface area (Å²) in [7, 11) is 0. The van der Waals surface area contributed by atoms with Crippen LogP contribution in [0.1, 0.15) is 49.7 Å². The van der Waals surface area contributed by atoms with Crippen LogP contribution >= 0.6 is 0 Å². The third kappa shape index (κ3) is 4.38. The lowest BCUT2D eigenvalue weighted by molar-refractivity contribution is -0.137. The molecular weight excluding hydrogens is 277 g/mol. The van der Waals surface area contributed by atoms with E-state index in [9.17, 15) is 13.2 Å². The largest absolute Gasteiger partial charge is 0.417 e. The van der Waals surface area contributed by atoms with Gasteiger partial charge in [-0.1, -0.05) is 25.7 Å². The van der Waals surface area contributed by atoms with Gasteiger partial charge in [-0.2, -0.15) is 18.4 Å². The van der Waals surface area contributed by atoms with Crippen LogP contribution in [0.3, 0.4) is 0 Å². The van der Waals surface area contributed by atoms with Crippen molar-refractivity contribution in [3.63, 3.8) is 0 Å². The molecule has 0 heterocycles. The second-order valence-corrected chi connectivity index (χ2v) is 5.59. The summed E-state index contributed by atoms with van der Waals surface area (Å²) in [4.78, 5) is 0. The lowest BCUT2D eigenvalue weighted by Crippen LogP contribution is -2.09. The summed E-state index contributed by atoms with van der Waals surface area (Å²) < 4.78 is 38.0. The number of benzene rings is 1. The summed E-state index contributed by atoms with van der Waals surface area (Å²) in [5, 5.41) is 11.9. The van der Waals surface area contributed by atoms with Crippen LogP contribution < -0.4 is 5.32 Å². The zero-order chi connectivity index (χ0) is 15.3. The predicted octanol–water partition coefficient (Wildman–Crippen LogP) is 4.96. The maximum Gasteiger partial charge on any atom is 0.417 e. The number of halogens is 3. The Labute approximate surface area is 123 Å². The van der Waals surface area contributed by atoms with Crippen LogP contribution in [0, 0.1) is 17.2 Å². The Morgan fingerprint density at radius 1 is 1.24 bits per heavy atom. The Morgan fingerprint density at radius 2 is 1.95 bits per heavy atom. The fourth-order valence-corrected chi connectivity index (χ4v) is 2.92. The molecule has 0 amide bonds. The Balaban J connectivity index is 1.87. The van der Waals surface area contributed by atoms with Gasteiger partial charge in [0.2, 0.25) is 0 Å². The smallest absolute Gasteiger partial charge is 0.385 e. The molecule has 5 heteroatoms. The molecular formula is C16H19F3N2. The first-order valence-corrected chi connectivity index (χ1v) is 7.36. The standard InChI is InChI=1S/C16H19F3N2/c17-16(18,19)15-8-7-14(10-13(15)11-20)21-9-3-6-12-4-1-2-5-12/h7-8,10,12,21H,1-6,9H2. The molecule has 21 heavy (non-hydrogen) atoms. The minimum atomic E-state index is -4.48. The van der Waals surface area contributed by atoms with Crippen molar-refractivity contribution < 1.29 is 13.2 Å². The zero-order valence-electron chi connectivity index (χ0n) is 11.8. The average Bonchev–Trinajstić information content (AvgIpc) is 2.95. The van der Waals surface area contributed by atoms with Crippen LogP contribution in [0.4, 0.5) is 18.9 Å². The lowest BCUT2D eigenvalue weighted by atomic mass is 10.0. The van der Waals surface area contributed by atoms with E-state index >= 15 is 0 Å². The molecule has 2 nitrogen and oxygen atoms in total. The Morgan fingerprint density at radius 3 is 2.57 bits per heavy atom. The van der Waals surface area contributed by atoms with Gasteiger partial charge in [-0.25, -0.2) is 0 Å². The van der Waals surface area contributed by atoms with Crippen molar-refractivity contribution in [2.75, 3.05) is 11.9 Å². The first kappa shape index (κ1) is 15.7.